The molecule has 0 atom stereocenters. The molecule has 0 aromatic heterocycles. The molecule has 2 aromatic rings. The summed E-state index contributed by atoms with van der Waals surface area (Å²) in [6.07, 6.45) is 0. The molecule has 0 bridgehead atoms. The molecule has 2 rings (SSSR count). The smallest absolute Gasteiger partial charge is 0.141 e. The average molecular weight is 281 g/mol. The highest BCUT2D eigenvalue weighted by atomic mass is 35.5. The molecular weight excluding hydrogens is 274 g/mol. The fourth-order valence-corrected chi connectivity index (χ4v) is 2.10. The van der Waals surface area contributed by atoms with Crippen molar-refractivity contribution in [1.29, 1.82) is 5.26 Å². The van der Waals surface area contributed by atoms with Crippen molar-refractivity contribution in [2.24, 2.45) is 0 Å². The maximum atomic E-state index is 13.1. The Bertz CT molecular complexity index is 663. The zero-order chi connectivity index (χ0) is 13.3. The fourth-order valence-electron chi connectivity index (χ4n) is 1.59. The monoisotopic (exact) mass is 280 g/mol. The topological polar surface area (TPSA) is 49.8 Å². The van der Waals surface area contributed by atoms with E-state index in [4.69, 9.17) is 34.2 Å². The molecule has 0 heterocycles. The molecule has 2 nitrogen and oxygen atoms in total. The first-order chi connectivity index (χ1) is 8.54. The maximum Gasteiger partial charge on any atom is 0.141 e. The van der Waals surface area contributed by atoms with Gasteiger partial charge in [0.15, 0.2) is 0 Å². The molecule has 0 radical (unpaired) electrons. The van der Waals surface area contributed by atoms with Crippen LogP contribution in [0.3, 0.4) is 0 Å². The minimum Gasteiger partial charge on any atom is -0.398 e. The van der Waals surface area contributed by atoms with E-state index in [1.807, 2.05) is 6.07 Å². The van der Waals surface area contributed by atoms with E-state index in [9.17, 15) is 4.39 Å². The van der Waals surface area contributed by atoms with Gasteiger partial charge in [0, 0.05) is 5.56 Å². The van der Waals surface area contributed by atoms with E-state index in [1.165, 1.54) is 12.1 Å². The third-order valence-electron chi connectivity index (χ3n) is 2.52. The Kier molecular flexibility index (Phi) is 3.42. The van der Waals surface area contributed by atoms with Crippen LogP contribution in [0.2, 0.25) is 10.0 Å². The van der Waals surface area contributed by atoms with Crippen molar-refractivity contribution >= 4 is 28.9 Å². The molecule has 0 fully saturated rings. The Balaban J connectivity index is 2.65. The Labute approximate surface area is 113 Å². The van der Waals surface area contributed by atoms with Gasteiger partial charge < -0.3 is 5.73 Å². The highest BCUT2D eigenvalue weighted by Crippen LogP contribution is 2.34. The first-order valence-corrected chi connectivity index (χ1v) is 5.73. The molecule has 0 saturated heterocycles. The van der Waals surface area contributed by atoms with Gasteiger partial charge in [0.1, 0.15) is 11.9 Å². The van der Waals surface area contributed by atoms with Crippen LogP contribution < -0.4 is 5.73 Å². The van der Waals surface area contributed by atoms with Crippen molar-refractivity contribution in [3.8, 4) is 17.2 Å². The van der Waals surface area contributed by atoms with Crippen LogP contribution in [0, 0.1) is 17.1 Å². The van der Waals surface area contributed by atoms with Crippen molar-refractivity contribution in [1.82, 2.24) is 0 Å². The van der Waals surface area contributed by atoms with Crippen LogP contribution >= 0.6 is 23.2 Å². The Hall–Kier alpha value is -1.76. The van der Waals surface area contributed by atoms with Gasteiger partial charge in [-0.05, 0) is 23.8 Å². The minimum absolute atomic E-state index is 0.00102. The summed E-state index contributed by atoms with van der Waals surface area (Å²) >= 11 is 11.8. The van der Waals surface area contributed by atoms with E-state index >= 15 is 0 Å². The second kappa shape index (κ2) is 4.85. The number of rotatable bonds is 1. The van der Waals surface area contributed by atoms with Gasteiger partial charge >= 0.3 is 0 Å². The van der Waals surface area contributed by atoms with E-state index in [0.717, 1.165) is 0 Å². The predicted molar refractivity (Wildman–Crippen MR) is 71.0 cm³/mol. The molecule has 0 saturated carbocycles. The number of hydrogen-bond acceptors (Lipinski definition) is 2. The minimum atomic E-state index is -0.507. The van der Waals surface area contributed by atoms with Crippen LogP contribution in [0.5, 0.6) is 0 Å². The van der Waals surface area contributed by atoms with Crippen molar-refractivity contribution in [2.75, 3.05) is 5.73 Å². The third kappa shape index (κ3) is 2.13. The maximum absolute atomic E-state index is 13.1. The summed E-state index contributed by atoms with van der Waals surface area (Å²) in [5.74, 6) is -0.507. The van der Waals surface area contributed by atoms with Gasteiger partial charge in [-0.2, -0.15) is 5.26 Å². The van der Waals surface area contributed by atoms with Gasteiger partial charge in [0.05, 0.1) is 21.3 Å². The quantitative estimate of drug-likeness (QED) is 0.794. The molecule has 2 N–H and O–H groups in total. The molecule has 0 unspecified atom stereocenters. The Morgan fingerprint density at radius 1 is 1.17 bits per heavy atom. The lowest BCUT2D eigenvalue weighted by atomic mass is 10.0. The third-order valence-corrected chi connectivity index (χ3v) is 3.20. The molecular formula is C13H7Cl2FN2. The van der Waals surface area contributed by atoms with Crippen LogP contribution in [-0.4, -0.2) is 0 Å². The Morgan fingerprint density at radius 3 is 2.50 bits per heavy atom. The second-order valence-electron chi connectivity index (χ2n) is 3.63. The summed E-state index contributed by atoms with van der Waals surface area (Å²) < 4.78 is 13.1. The van der Waals surface area contributed by atoms with Gasteiger partial charge in [-0.1, -0.05) is 35.3 Å². The number of nitriles is 1. The summed E-state index contributed by atoms with van der Waals surface area (Å²) in [5.41, 5.74) is 7.36. The van der Waals surface area contributed by atoms with Crippen LogP contribution in [0.25, 0.3) is 11.1 Å². The molecule has 90 valence electrons. The van der Waals surface area contributed by atoms with E-state index < -0.39 is 5.82 Å². The molecule has 5 heteroatoms. The number of halogens is 3. The first kappa shape index (κ1) is 12.7. The number of benzene rings is 2. The van der Waals surface area contributed by atoms with E-state index in [2.05, 4.69) is 0 Å². The van der Waals surface area contributed by atoms with Crippen molar-refractivity contribution in [3.05, 3.63) is 51.8 Å². The van der Waals surface area contributed by atoms with Crippen LogP contribution in [0.15, 0.2) is 30.3 Å². The summed E-state index contributed by atoms with van der Waals surface area (Å²) in [4.78, 5) is 0. The van der Waals surface area contributed by atoms with Crippen LogP contribution in [0.4, 0.5) is 10.1 Å². The van der Waals surface area contributed by atoms with Gasteiger partial charge in [0.2, 0.25) is 0 Å². The van der Waals surface area contributed by atoms with Gasteiger partial charge in [0.25, 0.3) is 0 Å². The fraction of sp³-hybridized carbons (Fsp3) is 0. The molecule has 0 aliphatic carbocycles. The standard InChI is InChI=1S/C13H7Cl2FN2/c14-10-5-7(1-3-11(10)16)8-2-4-12(18)9(6-17)13(8)15/h1-5H,18H2. The molecule has 0 aliphatic heterocycles. The lowest BCUT2D eigenvalue weighted by molar-refractivity contribution is 0.628. The van der Waals surface area contributed by atoms with E-state index in [1.54, 1.807) is 18.2 Å². The Morgan fingerprint density at radius 2 is 1.89 bits per heavy atom. The first-order valence-electron chi connectivity index (χ1n) is 4.98. The van der Waals surface area contributed by atoms with Gasteiger partial charge in [-0.15, -0.1) is 0 Å². The van der Waals surface area contributed by atoms with Crippen molar-refractivity contribution in [3.63, 3.8) is 0 Å². The van der Waals surface area contributed by atoms with Crippen molar-refractivity contribution in [2.45, 2.75) is 0 Å². The van der Waals surface area contributed by atoms with E-state index in [-0.39, 0.29) is 15.6 Å². The SMILES string of the molecule is N#Cc1c(N)ccc(-c2ccc(F)c(Cl)c2)c1Cl. The van der Waals surface area contributed by atoms with Crippen LogP contribution in [-0.2, 0) is 0 Å². The number of nitrogen functional groups attached to an aromatic ring is 1. The summed E-state index contributed by atoms with van der Waals surface area (Å²) in [7, 11) is 0. The number of anilines is 1. The zero-order valence-electron chi connectivity index (χ0n) is 9.05. The average Bonchev–Trinajstić information content (AvgIpc) is 2.34. The van der Waals surface area contributed by atoms with Gasteiger partial charge in [-0.3, -0.25) is 0 Å². The number of hydrogen-bond donors (Lipinski definition) is 1. The summed E-state index contributed by atoms with van der Waals surface area (Å²) in [5, 5.41) is 9.20. The van der Waals surface area contributed by atoms with Gasteiger partial charge in [-0.25, -0.2) is 4.39 Å². The summed E-state index contributed by atoms with van der Waals surface area (Å²) in [6, 6.07) is 9.43. The normalized spacial score (nSPS) is 10.1. The molecule has 0 aliphatic rings. The van der Waals surface area contributed by atoms with Crippen molar-refractivity contribution < 1.29 is 4.39 Å². The molecule has 18 heavy (non-hydrogen) atoms. The van der Waals surface area contributed by atoms with Crippen LogP contribution in [0.1, 0.15) is 5.56 Å². The predicted octanol–water partition coefficient (Wildman–Crippen LogP) is 4.25. The zero-order valence-corrected chi connectivity index (χ0v) is 10.6. The van der Waals surface area contributed by atoms with E-state index in [0.29, 0.717) is 16.8 Å². The molecule has 2 aromatic carbocycles. The number of nitrogens with zero attached hydrogens (tertiary/aromatic N) is 1. The number of nitrogens with two attached hydrogens (primary N) is 1. The largest absolute Gasteiger partial charge is 0.398 e. The lowest BCUT2D eigenvalue weighted by Crippen LogP contribution is -1.93. The highest BCUT2D eigenvalue weighted by molar-refractivity contribution is 6.35. The second-order valence-corrected chi connectivity index (χ2v) is 4.42. The summed E-state index contributed by atoms with van der Waals surface area (Å²) in [6.45, 7) is 0. The molecule has 0 spiro atoms. The lowest BCUT2D eigenvalue weighted by Gasteiger charge is -2.08. The highest BCUT2D eigenvalue weighted by Gasteiger charge is 2.12. The molecule has 0 amide bonds.